The Balaban J connectivity index is 0.000000424. The fraction of sp³-hybridized carbons (Fsp3) is 0.300. The summed E-state index contributed by atoms with van der Waals surface area (Å²) in [5.41, 5.74) is 3.40. The molecule has 72 valence electrons. The van der Waals surface area contributed by atoms with Crippen LogP contribution < -0.4 is 0 Å². The number of aromatic hydroxyl groups is 1. The maximum atomic E-state index is 9.22. The largest absolute Gasteiger partial charge is 0.508 e. The molecule has 0 aromatic heterocycles. The number of carboxylic acid groups (broad SMARTS) is 1. The molecule has 3 nitrogen and oxygen atoms in total. The summed E-state index contributed by atoms with van der Waals surface area (Å²) < 4.78 is 0. The number of rotatable bonds is 0. The van der Waals surface area contributed by atoms with E-state index in [0.717, 1.165) is 5.56 Å². The normalized spacial score (nSPS) is 8.54. The molecule has 0 heterocycles. The molecule has 0 aliphatic carbocycles. The number of phenolic OH excluding ortho intramolecular Hbond substituents is 1. The quantitative estimate of drug-likeness (QED) is 0.603. The third-order valence-corrected chi connectivity index (χ3v) is 2.03. The molecule has 0 amide bonds. The third-order valence-electron chi connectivity index (χ3n) is 2.03. The van der Waals surface area contributed by atoms with Gasteiger partial charge in [-0.05, 0) is 43.5 Å². The van der Waals surface area contributed by atoms with Gasteiger partial charge in [-0.2, -0.15) is 0 Å². The molecule has 0 atom stereocenters. The SMILES string of the molecule is Cc1ccc(O)c(C)c1C.O=CO. The number of benzene rings is 1. The second kappa shape index (κ2) is 5.19. The summed E-state index contributed by atoms with van der Waals surface area (Å²) in [6.45, 7) is 5.74. The smallest absolute Gasteiger partial charge is 0.290 e. The van der Waals surface area contributed by atoms with Gasteiger partial charge >= 0.3 is 0 Å². The summed E-state index contributed by atoms with van der Waals surface area (Å²) in [7, 11) is 0. The van der Waals surface area contributed by atoms with Crippen LogP contribution in [0.1, 0.15) is 16.7 Å². The van der Waals surface area contributed by atoms with E-state index in [1.54, 1.807) is 6.07 Å². The van der Waals surface area contributed by atoms with Crippen LogP contribution in [0.5, 0.6) is 5.75 Å². The van der Waals surface area contributed by atoms with Crippen LogP contribution in [-0.2, 0) is 4.79 Å². The fourth-order valence-corrected chi connectivity index (χ4v) is 0.942. The lowest BCUT2D eigenvalue weighted by molar-refractivity contribution is -0.122. The van der Waals surface area contributed by atoms with Gasteiger partial charge in [0.05, 0.1) is 0 Å². The second-order valence-electron chi connectivity index (χ2n) is 2.76. The van der Waals surface area contributed by atoms with Gasteiger partial charge < -0.3 is 10.2 Å². The molecule has 1 aromatic carbocycles. The molecule has 0 fully saturated rings. The maximum absolute atomic E-state index is 9.22. The lowest BCUT2D eigenvalue weighted by Crippen LogP contribution is -1.85. The van der Waals surface area contributed by atoms with Crippen molar-refractivity contribution in [1.82, 2.24) is 0 Å². The molecule has 2 N–H and O–H groups in total. The minimum Gasteiger partial charge on any atom is -0.508 e. The van der Waals surface area contributed by atoms with Crippen molar-refractivity contribution in [3.05, 3.63) is 28.8 Å². The van der Waals surface area contributed by atoms with E-state index >= 15 is 0 Å². The Bertz CT molecular complexity index is 265. The summed E-state index contributed by atoms with van der Waals surface area (Å²) in [5.74, 6) is 0.392. The first kappa shape index (κ1) is 11.5. The van der Waals surface area contributed by atoms with E-state index in [9.17, 15) is 5.11 Å². The van der Waals surface area contributed by atoms with Crippen molar-refractivity contribution in [2.24, 2.45) is 0 Å². The zero-order chi connectivity index (χ0) is 10.4. The molecule has 1 aromatic rings. The van der Waals surface area contributed by atoms with Crippen molar-refractivity contribution in [3.8, 4) is 5.75 Å². The van der Waals surface area contributed by atoms with E-state index in [1.807, 2.05) is 26.8 Å². The van der Waals surface area contributed by atoms with Crippen LogP contribution >= 0.6 is 0 Å². The fourth-order valence-electron chi connectivity index (χ4n) is 0.942. The monoisotopic (exact) mass is 182 g/mol. The topological polar surface area (TPSA) is 57.5 Å². The zero-order valence-electron chi connectivity index (χ0n) is 8.03. The van der Waals surface area contributed by atoms with Crippen LogP contribution in [0, 0.1) is 20.8 Å². The Morgan fingerprint density at radius 3 is 2.00 bits per heavy atom. The van der Waals surface area contributed by atoms with Crippen molar-refractivity contribution in [2.75, 3.05) is 0 Å². The average Bonchev–Trinajstić information content (AvgIpc) is 2.10. The van der Waals surface area contributed by atoms with E-state index in [-0.39, 0.29) is 6.47 Å². The Hall–Kier alpha value is -1.51. The van der Waals surface area contributed by atoms with Crippen molar-refractivity contribution in [3.63, 3.8) is 0 Å². The average molecular weight is 182 g/mol. The number of hydrogen-bond donors (Lipinski definition) is 2. The Morgan fingerprint density at radius 1 is 1.15 bits per heavy atom. The van der Waals surface area contributed by atoms with Gasteiger partial charge in [0.15, 0.2) is 0 Å². The molecular formula is C10H14O3. The molecule has 0 bridgehead atoms. The zero-order valence-corrected chi connectivity index (χ0v) is 8.03. The highest BCUT2D eigenvalue weighted by Crippen LogP contribution is 2.21. The predicted molar refractivity (Wildman–Crippen MR) is 51.0 cm³/mol. The highest BCUT2D eigenvalue weighted by Gasteiger charge is 1.99. The number of carbonyl (C=O) groups is 1. The van der Waals surface area contributed by atoms with Crippen molar-refractivity contribution in [1.29, 1.82) is 0 Å². The van der Waals surface area contributed by atoms with Crippen LogP contribution in [0.25, 0.3) is 0 Å². The molecule has 0 aliphatic rings. The minimum absolute atomic E-state index is 0.250. The van der Waals surface area contributed by atoms with Gasteiger partial charge in [-0.3, -0.25) is 4.79 Å². The standard InChI is InChI=1S/C9H12O.CH2O2/c1-6-4-5-9(10)8(3)7(6)2;2-1-3/h4-5,10H,1-3H3;1H,(H,2,3). The summed E-state index contributed by atoms with van der Waals surface area (Å²) in [6, 6.07) is 3.66. The van der Waals surface area contributed by atoms with Gasteiger partial charge in [-0.15, -0.1) is 0 Å². The number of phenols is 1. The van der Waals surface area contributed by atoms with Crippen molar-refractivity contribution in [2.45, 2.75) is 20.8 Å². The first-order chi connectivity index (χ1) is 6.04. The van der Waals surface area contributed by atoms with Crippen LogP contribution in [0.2, 0.25) is 0 Å². The van der Waals surface area contributed by atoms with Gasteiger partial charge in [-0.1, -0.05) is 6.07 Å². The van der Waals surface area contributed by atoms with Gasteiger partial charge in [0, 0.05) is 0 Å². The van der Waals surface area contributed by atoms with E-state index in [2.05, 4.69) is 0 Å². The van der Waals surface area contributed by atoms with Gasteiger partial charge in [0.25, 0.3) is 6.47 Å². The highest BCUT2D eigenvalue weighted by molar-refractivity contribution is 5.41. The minimum atomic E-state index is -0.250. The lowest BCUT2D eigenvalue weighted by Gasteiger charge is -2.04. The Labute approximate surface area is 77.6 Å². The van der Waals surface area contributed by atoms with Crippen molar-refractivity contribution < 1.29 is 15.0 Å². The molecule has 13 heavy (non-hydrogen) atoms. The summed E-state index contributed by atoms with van der Waals surface area (Å²) >= 11 is 0. The summed E-state index contributed by atoms with van der Waals surface area (Å²) in [4.78, 5) is 8.36. The summed E-state index contributed by atoms with van der Waals surface area (Å²) in [5, 5.41) is 16.1. The first-order valence-corrected chi connectivity index (χ1v) is 3.88. The molecule has 0 unspecified atom stereocenters. The van der Waals surface area contributed by atoms with Gasteiger partial charge in [0.2, 0.25) is 0 Å². The van der Waals surface area contributed by atoms with Crippen LogP contribution in [0.4, 0.5) is 0 Å². The van der Waals surface area contributed by atoms with Gasteiger partial charge in [-0.25, -0.2) is 0 Å². The van der Waals surface area contributed by atoms with Crippen LogP contribution in [0.3, 0.4) is 0 Å². The molecule has 1 rings (SSSR count). The molecule has 3 heteroatoms. The molecule has 0 radical (unpaired) electrons. The highest BCUT2D eigenvalue weighted by atomic mass is 16.3. The predicted octanol–water partition coefficient (Wildman–Crippen LogP) is 2.02. The van der Waals surface area contributed by atoms with E-state index in [1.165, 1.54) is 11.1 Å². The van der Waals surface area contributed by atoms with E-state index in [4.69, 9.17) is 9.90 Å². The Kier molecular flexibility index (Phi) is 4.59. The van der Waals surface area contributed by atoms with Crippen LogP contribution in [0.15, 0.2) is 12.1 Å². The maximum Gasteiger partial charge on any atom is 0.290 e. The molecule has 0 spiro atoms. The van der Waals surface area contributed by atoms with Gasteiger partial charge in [0.1, 0.15) is 5.75 Å². The lowest BCUT2D eigenvalue weighted by atomic mass is 10.0. The van der Waals surface area contributed by atoms with E-state index < -0.39 is 0 Å². The summed E-state index contributed by atoms with van der Waals surface area (Å²) in [6.07, 6.45) is 0. The van der Waals surface area contributed by atoms with Crippen molar-refractivity contribution >= 4 is 6.47 Å². The molecular weight excluding hydrogens is 168 g/mol. The Morgan fingerprint density at radius 2 is 1.62 bits per heavy atom. The molecule has 0 saturated heterocycles. The number of hydrogen-bond acceptors (Lipinski definition) is 2. The molecule has 0 aliphatic heterocycles. The van der Waals surface area contributed by atoms with E-state index in [0.29, 0.717) is 5.75 Å². The third kappa shape index (κ3) is 3.15. The van der Waals surface area contributed by atoms with Crippen LogP contribution in [-0.4, -0.2) is 16.7 Å². The molecule has 0 saturated carbocycles. The first-order valence-electron chi connectivity index (χ1n) is 3.88. The second-order valence-corrected chi connectivity index (χ2v) is 2.76. The number of aryl methyl sites for hydroxylation is 1.